The van der Waals surface area contributed by atoms with Crippen LogP contribution in [0.1, 0.15) is 20.3 Å². The van der Waals surface area contributed by atoms with Crippen LogP contribution in [-0.4, -0.2) is 18.3 Å². The lowest BCUT2D eigenvalue weighted by Crippen LogP contribution is -2.29. The molecule has 0 aromatic heterocycles. The fourth-order valence-electron chi connectivity index (χ4n) is 1.27. The molecule has 1 rings (SSSR count). The van der Waals surface area contributed by atoms with E-state index < -0.39 is 5.82 Å². The van der Waals surface area contributed by atoms with Crippen LogP contribution in [0, 0.1) is 11.2 Å². The fraction of sp³-hybridized carbons (Fsp3) is 0.500. The molecular formula is C12H16Cl2FNO. The summed E-state index contributed by atoms with van der Waals surface area (Å²) in [6, 6.07) is 2.96. The molecule has 1 aromatic carbocycles. The van der Waals surface area contributed by atoms with Gasteiger partial charge in [-0.1, -0.05) is 37.0 Å². The summed E-state index contributed by atoms with van der Waals surface area (Å²) in [7, 11) is 0. The monoisotopic (exact) mass is 279 g/mol. The Morgan fingerprint density at radius 2 is 1.88 bits per heavy atom. The van der Waals surface area contributed by atoms with Crippen molar-refractivity contribution in [3.63, 3.8) is 0 Å². The SMILES string of the molecule is CCC(C)(CO)CNc1cc(Cl)c(F)c(Cl)c1. The van der Waals surface area contributed by atoms with E-state index in [1.807, 2.05) is 13.8 Å². The highest BCUT2D eigenvalue weighted by Gasteiger charge is 2.20. The van der Waals surface area contributed by atoms with Crippen LogP contribution in [0.4, 0.5) is 10.1 Å². The van der Waals surface area contributed by atoms with E-state index in [4.69, 9.17) is 23.2 Å². The van der Waals surface area contributed by atoms with Crippen LogP contribution in [0.3, 0.4) is 0 Å². The molecule has 2 nitrogen and oxygen atoms in total. The quantitative estimate of drug-likeness (QED) is 0.800. The summed E-state index contributed by atoms with van der Waals surface area (Å²) >= 11 is 11.4. The second-order valence-corrected chi connectivity index (χ2v) is 5.24. The van der Waals surface area contributed by atoms with Gasteiger partial charge in [-0.25, -0.2) is 4.39 Å². The maximum atomic E-state index is 13.2. The van der Waals surface area contributed by atoms with E-state index in [2.05, 4.69) is 5.32 Å². The van der Waals surface area contributed by atoms with Crippen molar-refractivity contribution in [3.05, 3.63) is 28.0 Å². The Morgan fingerprint density at radius 1 is 1.35 bits per heavy atom. The van der Waals surface area contributed by atoms with Crippen molar-refractivity contribution in [2.24, 2.45) is 5.41 Å². The molecule has 1 unspecified atom stereocenters. The van der Waals surface area contributed by atoms with E-state index in [9.17, 15) is 9.50 Å². The predicted octanol–water partition coefficient (Wildman–Crippen LogP) is 3.95. The summed E-state index contributed by atoms with van der Waals surface area (Å²) in [5.41, 5.74) is 0.433. The number of halogens is 3. The maximum Gasteiger partial charge on any atom is 0.160 e. The Hall–Kier alpha value is -0.510. The molecule has 1 atom stereocenters. The predicted molar refractivity (Wildman–Crippen MR) is 70.4 cm³/mol. The highest BCUT2D eigenvalue weighted by atomic mass is 35.5. The third kappa shape index (κ3) is 3.73. The van der Waals surface area contributed by atoms with Crippen molar-refractivity contribution in [2.75, 3.05) is 18.5 Å². The molecule has 0 aliphatic heterocycles. The maximum absolute atomic E-state index is 13.2. The molecule has 1 aromatic rings. The summed E-state index contributed by atoms with van der Waals surface area (Å²) in [5, 5.41) is 12.3. The average molecular weight is 280 g/mol. The van der Waals surface area contributed by atoms with Crippen LogP contribution in [0.2, 0.25) is 10.0 Å². The van der Waals surface area contributed by atoms with Crippen LogP contribution in [0.25, 0.3) is 0 Å². The number of aliphatic hydroxyl groups excluding tert-OH is 1. The van der Waals surface area contributed by atoms with Gasteiger partial charge in [0.15, 0.2) is 5.82 Å². The fourth-order valence-corrected chi connectivity index (χ4v) is 1.75. The second-order valence-electron chi connectivity index (χ2n) is 4.43. The van der Waals surface area contributed by atoms with Gasteiger partial charge in [-0.3, -0.25) is 0 Å². The minimum absolute atomic E-state index is 0.0119. The molecule has 0 radical (unpaired) electrons. The lowest BCUT2D eigenvalue weighted by atomic mass is 9.88. The van der Waals surface area contributed by atoms with Gasteiger partial charge in [0.1, 0.15) is 0 Å². The first kappa shape index (κ1) is 14.6. The highest BCUT2D eigenvalue weighted by molar-refractivity contribution is 6.35. The van der Waals surface area contributed by atoms with E-state index in [-0.39, 0.29) is 22.1 Å². The van der Waals surface area contributed by atoms with Crippen molar-refractivity contribution in [1.82, 2.24) is 0 Å². The third-order valence-electron chi connectivity index (χ3n) is 2.94. The lowest BCUT2D eigenvalue weighted by Gasteiger charge is -2.26. The largest absolute Gasteiger partial charge is 0.396 e. The molecule has 96 valence electrons. The van der Waals surface area contributed by atoms with E-state index in [1.54, 1.807) is 0 Å². The zero-order valence-corrected chi connectivity index (χ0v) is 11.4. The number of anilines is 1. The Balaban J connectivity index is 2.76. The van der Waals surface area contributed by atoms with Gasteiger partial charge in [0.05, 0.1) is 16.7 Å². The number of benzene rings is 1. The summed E-state index contributed by atoms with van der Waals surface area (Å²) in [5.74, 6) is -0.612. The molecule has 0 spiro atoms. The van der Waals surface area contributed by atoms with Crippen molar-refractivity contribution in [3.8, 4) is 0 Å². The number of nitrogens with one attached hydrogen (secondary N) is 1. The molecular weight excluding hydrogens is 264 g/mol. The van der Waals surface area contributed by atoms with E-state index in [0.29, 0.717) is 12.2 Å². The Bertz CT molecular complexity index is 371. The van der Waals surface area contributed by atoms with Crippen LogP contribution in [0.15, 0.2) is 12.1 Å². The van der Waals surface area contributed by atoms with Crippen molar-refractivity contribution in [2.45, 2.75) is 20.3 Å². The van der Waals surface area contributed by atoms with Crippen LogP contribution >= 0.6 is 23.2 Å². The molecule has 2 N–H and O–H groups in total. The number of aliphatic hydroxyl groups is 1. The second kappa shape index (κ2) is 5.89. The van der Waals surface area contributed by atoms with E-state index >= 15 is 0 Å². The van der Waals surface area contributed by atoms with Gasteiger partial charge in [-0.05, 0) is 18.6 Å². The van der Waals surface area contributed by atoms with Gasteiger partial charge in [0, 0.05) is 17.6 Å². The minimum Gasteiger partial charge on any atom is -0.396 e. The Morgan fingerprint density at radius 3 is 2.29 bits per heavy atom. The van der Waals surface area contributed by atoms with Gasteiger partial charge < -0.3 is 10.4 Å². The van der Waals surface area contributed by atoms with Crippen LogP contribution in [0.5, 0.6) is 0 Å². The molecule has 0 fully saturated rings. The Kier molecular flexibility index (Phi) is 5.04. The molecule has 17 heavy (non-hydrogen) atoms. The molecule has 0 amide bonds. The molecule has 0 bridgehead atoms. The number of hydrogen-bond acceptors (Lipinski definition) is 2. The van der Waals surface area contributed by atoms with Crippen molar-refractivity contribution in [1.29, 1.82) is 0 Å². The van der Waals surface area contributed by atoms with Crippen molar-refractivity contribution >= 4 is 28.9 Å². The lowest BCUT2D eigenvalue weighted by molar-refractivity contribution is 0.149. The standard InChI is InChI=1S/C12H16Cl2FNO/c1-3-12(2,7-17)6-16-8-4-9(13)11(15)10(14)5-8/h4-5,16-17H,3,6-7H2,1-2H3. The Labute approximate surface area is 111 Å². The smallest absolute Gasteiger partial charge is 0.160 e. The normalized spacial score (nSPS) is 14.5. The first-order valence-corrected chi connectivity index (χ1v) is 6.17. The molecule has 0 aliphatic rings. The topological polar surface area (TPSA) is 32.3 Å². The first-order valence-electron chi connectivity index (χ1n) is 5.41. The van der Waals surface area contributed by atoms with E-state index in [1.165, 1.54) is 12.1 Å². The van der Waals surface area contributed by atoms with Gasteiger partial charge in [0.2, 0.25) is 0 Å². The number of hydrogen-bond donors (Lipinski definition) is 2. The summed E-state index contributed by atoms with van der Waals surface area (Å²) < 4.78 is 13.2. The zero-order chi connectivity index (χ0) is 13.1. The minimum atomic E-state index is -0.612. The summed E-state index contributed by atoms with van der Waals surface area (Å²) in [6.45, 7) is 4.62. The summed E-state index contributed by atoms with van der Waals surface area (Å²) in [4.78, 5) is 0. The van der Waals surface area contributed by atoms with Crippen LogP contribution in [-0.2, 0) is 0 Å². The van der Waals surface area contributed by atoms with Crippen LogP contribution < -0.4 is 5.32 Å². The highest BCUT2D eigenvalue weighted by Crippen LogP contribution is 2.28. The third-order valence-corrected chi connectivity index (χ3v) is 3.49. The molecule has 0 saturated carbocycles. The molecule has 0 heterocycles. The van der Waals surface area contributed by atoms with Gasteiger partial charge in [0.25, 0.3) is 0 Å². The molecule has 5 heteroatoms. The van der Waals surface area contributed by atoms with E-state index in [0.717, 1.165) is 6.42 Å². The summed E-state index contributed by atoms with van der Waals surface area (Å²) in [6.07, 6.45) is 0.832. The van der Waals surface area contributed by atoms with Gasteiger partial charge >= 0.3 is 0 Å². The molecule has 0 saturated heterocycles. The molecule has 0 aliphatic carbocycles. The van der Waals surface area contributed by atoms with Gasteiger partial charge in [-0.2, -0.15) is 0 Å². The van der Waals surface area contributed by atoms with Gasteiger partial charge in [-0.15, -0.1) is 0 Å². The zero-order valence-electron chi connectivity index (χ0n) is 9.86. The average Bonchev–Trinajstić information content (AvgIpc) is 2.32. The first-order chi connectivity index (χ1) is 7.91. The number of rotatable bonds is 5. The van der Waals surface area contributed by atoms with Crippen molar-refractivity contribution < 1.29 is 9.50 Å².